The van der Waals surface area contributed by atoms with Crippen molar-refractivity contribution >= 4 is 29.2 Å². The summed E-state index contributed by atoms with van der Waals surface area (Å²) in [6.07, 6.45) is 0. The van der Waals surface area contributed by atoms with Crippen LogP contribution in [0.5, 0.6) is 0 Å². The van der Waals surface area contributed by atoms with Gasteiger partial charge in [0.15, 0.2) is 17.5 Å². The molecular weight excluding hydrogens is 397 g/mol. The molecule has 0 bridgehead atoms. The quantitative estimate of drug-likeness (QED) is 0.563. The fourth-order valence-electron chi connectivity index (χ4n) is 2.31. The Bertz CT molecular complexity index is 1060. The average Bonchev–Trinajstić information content (AvgIpc) is 3.11. The van der Waals surface area contributed by atoms with Crippen LogP contribution < -0.4 is 10.6 Å². The molecule has 0 aliphatic heterocycles. The van der Waals surface area contributed by atoms with Gasteiger partial charge in [-0.1, -0.05) is 23.7 Å². The van der Waals surface area contributed by atoms with Gasteiger partial charge in [0.25, 0.3) is 11.8 Å². The molecule has 2 amide bonds. The molecule has 0 aliphatic carbocycles. The van der Waals surface area contributed by atoms with Crippen LogP contribution in [0.1, 0.15) is 26.4 Å². The first kappa shape index (κ1) is 19.4. The molecule has 28 heavy (non-hydrogen) atoms. The van der Waals surface area contributed by atoms with Crippen molar-refractivity contribution in [1.82, 2.24) is 15.5 Å². The number of aromatic nitrogens is 2. The van der Waals surface area contributed by atoms with Crippen LogP contribution in [-0.2, 0) is 6.54 Å². The van der Waals surface area contributed by atoms with E-state index in [1.807, 2.05) is 0 Å². The summed E-state index contributed by atoms with van der Waals surface area (Å²) >= 11 is 5.74. The molecule has 3 rings (SSSR count). The zero-order valence-electron chi connectivity index (χ0n) is 14.0. The predicted octanol–water partition coefficient (Wildman–Crippen LogP) is 3.66. The van der Waals surface area contributed by atoms with Gasteiger partial charge in [-0.3, -0.25) is 14.7 Å². The minimum Gasteiger partial charge on any atom is -0.347 e. The number of H-pyrrole nitrogens is 1. The molecule has 0 unspecified atom stereocenters. The first-order valence-corrected chi connectivity index (χ1v) is 8.25. The van der Waals surface area contributed by atoms with Gasteiger partial charge in [0.1, 0.15) is 11.5 Å². The Morgan fingerprint density at radius 3 is 2.54 bits per heavy atom. The first-order chi connectivity index (χ1) is 13.3. The highest BCUT2D eigenvalue weighted by molar-refractivity contribution is 6.34. The van der Waals surface area contributed by atoms with E-state index < -0.39 is 29.3 Å². The number of carbonyl (C=O) groups is 2. The topological polar surface area (TPSA) is 86.9 Å². The summed E-state index contributed by atoms with van der Waals surface area (Å²) in [5.74, 6) is -4.23. The Morgan fingerprint density at radius 2 is 1.79 bits per heavy atom. The molecular formula is C18H12ClF3N4O2. The van der Waals surface area contributed by atoms with Crippen LogP contribution in [0, 0.1) is 17.5 Å². The van der Waals surface area contributed by atoms with Gasteiger partial charge >= 0.3 is 0 Å². The van der Waals surface area contributed by atoms with Gasteiger partial charge < -0.3 is 10.6 Å². The molecule has 10 heteroatoms. The van der Waals surface area contributed by atoms with Crippen LogP contribution in [0.15, 0.2) is 42.5 Å². The molecule has 3 N–H and O–H groups in total. The minimum absolute atomic E-state index is 0.0262. The lowest BCUT2D eigenvalue weighted by Crippen LogP contribution is -2.23. The number of nitrogens with one attached hydrogen (secondary N) is 3. The Labute approximate surface area is 161 Å². The smallest absolute Gasteiger partial charge is 0.269 e. The molecule has 0 saturated carbocycles. The number of amides is 2. The summed E-state index contributed by atoms with van der Waals surface area (Å²) in [5.41, 5.74) is 0.304. The molecule has 0 atom stereocenters. The molecule has 1 aromatic heterocycles. The molecule has 0 spiro atoms. The Balaban J connectivity index is 1.64. The molecule has 0 aliphatic rings. The summed E-state index contributed by atoms with van der Waals surface area (Å²) in [5, 5.41) is 10.8. The van der Waals surface area contributed by atoms with Crippen molar-refractivity contribution in [2.45, 2.75) is 6.54 Å². The number of nitrogens with zero attached hydrogens (tertiary/aromatic N) is 1. The lowest BCUT2D eigenvalue weighted by atomic mass is 10.2. The summed E-state index contributed by atoms with van der Waals surface area (Å²) in [4.78, 5) is 24.3. The van der Waals surface area contributed by atoms with Crippen LogP contribution in [0.2, 0.25) is 5.02 Å². The van der Waals surface area contributed by atoms with Gasteiger partial charge in [-0.15, -0.1) is 0 Å². The summed E-state index contributed by atoms with van der Waals surface area (Å²) in [7, 11) is 0. The van der Waals surface area contributed by atoms with E-state index in [1.165, 1.54) is 24.3 Å². The van der Waals surface area contributed by atoms with Gasteiger partial charge in [-0.05, 0) is 29.8 Å². The molecule has 144 valence electrons. The lowest BCUT2D eigenvalue weighted by Gasteiger charge is -2.05. The van der Waals surface area contributed by atoms with Crippen LogP contribution in [0.25, 0.3) is 0 Å². The minimum atomic E-state index is -1.23. The zero-order chi connectivity index (χ0) is 20.3. The monoisotopic (exact) mass is 408 g/mol. The first-order valence-electron chi connectivity index (χ1n) is 7.87. The van der Waals surface area contributed by atoms with Crippen LogP contribution >= 0.6 is 11.6 Å². The van der Waals surface area contributed by atoms with E-state index in [1.54, 1.807) is 6.07 Å². The SMILES string of the molecule is O=C(NCc1cccc(F)c1)c1cc(NC(=O)c2cc(F)c(F)cc2Cl)n[nH]1. The second kappa shape index (κ2) is 8.13. The highest BCUT2D eigenvalue weighted by Gasteiger charge is 2.17. The maximum absolute atomic E-state index is 13.3. The van der Waals surface area contributed by atoms with E-state index >= 15 is 0 Å². The Kier molecular flexibility index (Phi) is 5.65. The van der Waals surface area contributed by atoms with Gasteiger partial charge in [0.05, 0.1) is 10.6 Å². The molecule has 0 radical (unpaired) electrons. The van der Waals surface area contributed by atoms with E-state index in [0.717, 1.165) is 0 Å². The largest absolute Gasteiger partial charge is 0.347 e. The summed E-state index contributed by atoms with van der Waals surface area (Å²) in [6, 6.07) is 8.32. The summed E-state index contributed by atoms with van der Waals surface area (Å²) < 4.78 is 39.5. The van der Waals surface area contributed by atoms with E-state index in [0.29, 0.717) is 17.7 Å². The van der Waals surface area contributed by atoms with Crippen molar-refractivity contribution in [3.05, 3.63) is 81.8 Å². The Morgan fingerprint density at radius 1 is 1.04 bits per heavy atom. The predicted molar refractivity (Wildman–Crippen MR) is 95.5 cm³/mol. The third-order valence-electron chi connectivity index (χ3n) is 3.66. The molecule has 2 aromatic carbocycles. The number of aromatic amines is 1. The van der Waals surface area contributed by atoms with E-state index in [-0.39, 0.29) is 28.6 Å². The van der Waals surface area contributed by atoms with Gasteiger partial charge in [-0.25, -0.2) is 13.2 Å². The van der Waals surface area contributed by atoms with Gasteiger partial charge in [-0.2, -0.15) is 5.10 Å². The van der Waals surface area contributed by atoms with Crippen molar-refractivity contribution < 1.29 is 22.8 Å². The number of hydrogen-bond acceptors (Lipinski definition) is 3. The number of benzene rings is 2. The summed E-state index contributed by atoms with van der Waals surface area (Å²) in [6.45, 7) is 0.0851. The van der Waals surface area contributed by atoms with Crippen LogP contribution in [-0.4, -0.2) is 22.0 Å². The number of anilines is 1. The highest BCUT2D eigenvalue weighted by atomic mass is 35.5. The van der Waals surface area contributed by atoms with Crippen molar-refractivity contribution in [3.63, 3.8) is 0 Å². The van der Waals surface area contributed by atoms with Gasteiger partial charge in [0, 0.05) is 12.6 Å². The number of halogens is 4. The van der Waals surface area contributed by atoms with E-state index in [9.17, 15) is 22.8 Å². The van der Waals surface area contributed by atoms with Crippen molar-refractivity contribution in [3.8, 4) is 0 Å². The normalized spacial score (nSPS) is 10.6. The molecule has 3 aromatic rings. The van der Waals surface area contributed by atoms with Crippen molar-refractivity contribution in [1.29, 1.82) is 0 Å². The standard InChI is InChI=1S/C18H12ClF3N4O2/c19-12-6-14(22)13(21)5-11(12)17(27)24-16-7-15(25-26-16)18(28)23-8-9-2-1-3-10(20)4-9/h1-7H,8H2,(H,23,28)(H2,24,25,26,27). The van der Waals surface area contributed by atoms with E-state index in [4.69, 9.17) is 11.6 Å². The van der Waals surface area contributed by atoms with Crippen LogP contribution in [0.3, 0.4) is 0 Å². The van der Waals surface area contributed by atoms with Crippen molar-refractivity contribution in [2.75, 3.05) is 5.32 Å². The van der Waals surface area contributed by atoms with Crippen LogP contribution in [0.4, 0.5) is 19.0 Å². The number of hydrogen-bond donors (Lipinski definition) is 3. The number of rotatable bonds is 5. The maximum atomic E-state index is 13.3. The third kappa shape index (κ3) is 4.49. The number of carbonyl (C=O) groups excluding carboxylic acids is 2. The fourth-order valence-corrected chi connectivity index (χ4v) is 2.54. The third-order valence-corrected chi connectivity index (χ3v) is 3.97. The second-order valence-corrected chi connectivity index (χ2v) is 6.09. The molecule has 0 saturated heterocycles. The highest BCUT2D eigenvalue weighted by Crippen LogP contribution is 2.21. The van der Waals surface area contributed by atoms with E-state index in [2.05, 4.69) is 20.8 Å². The zero-order valence-corrected chi connectivity index (χ0v) is 14.8. The van der Waals surface area contributed by atoms with Crippen molar-refractivity contribution in [2.24, 2.45) is 0 Å². The molecule has 1 heterocycles. The molecule has 6 nitrogen and oxygen atoms in total. The second-order valence-electron chi connectivity index (χ2n) is 5.68. The maximum Gasteiger partial charge on any atom is 0.269 e. The van der Waals surface area contributed by atoms with Gasteiger partial charge in [0.2, 0.25) is 0 Å². The fraction of sp³-hybridized carbons (Fsp3) is 0.0556. The molecule has 0 fully saturated rings. The average molecular weight is 409 g/mol. The Hall–Kier alpha value is -3.33. The lowest BCUT2D eigenvalue weighted by molar-refractivity contribution is 0.0945.